The van der Waals surface area contributed by atoms with Crippen LogP contribution >= 0.6 is 11.8 Å². The molecule has 0 radical (unpaired) electrons. The number of rotatable bonds is 7. The molecule has 1 aromatic heterocycles. The first-order valence-corrected chi connectivity index (χ1v) is 12.8. The van der Waals surface area contributed by atoms with E-state index in [1.807, 2.05) is 31.2 Å². The highest BCUT2D eigenvalue weighted by Crippen LogP contribution is 2.29. The van der Waals surface area contributed by atoms with Crippen LogP contribution in [-0.2, 0) is 16.4 Å². The summed E-state index contributed by atoms with van der Waals surface area (Å²) in [4.78, 5) is 0.221. The number of nitrogens with zero attached hydrogens (tertiary/aromatic N) is 4. The van der Waals surface area contributed by atoms with Crippen molar-refractivity contribution >= 4 is 21.8 Å². The van der Waals surface area contributed by atoms with Crippen LogP contribution in [0.4, 0.5) is 0 Å². The molecule has 166 valence electrons. The molecule has 1 aliphatic heterocycles. The van der Waals surface area contributed by atoms with Gasteiger partial charge in [-0.05, 0) is 61.7 Å². The minimum atomic E-state index is -3.55. The summed E-state index contributed by atoms with van der Waals surface area (Å²) in [6, 6.07) is 16.9. The van der Waals surface area contributed by atoms with Gasteiger partial charge < -0.3 is 4.42 Å². The van der Waals surface area contributed by atoms with Crippen LogP contribution in [0.3, 0.4) is 0 Å². The van der Waals surface area contributed by atoms with E-state index in [1.54, 1.807) is 24.3 Å². The molecule has 0 aliphatic carbocycles. The van der Waals surface area contributed by atoms with Gasteiger partial charge in [-0.15, -0.1) is 10.2 Å². The van der Waals surface area contributed by atoms with E-state index in [4.69, 9.17) is 4.42 Å². The van der Waals surface area contributed by atoms with Gasteiger partial charge in [-0.1, -0.05) is 42.3 Å². The van der Waals surface area contributed by atoms with Crippen LogP contribution in [0, 0.1) is 18.3 Å². The lowest BCUT2D eigenvalue weighted by Crippen LogP contribution is -2.35. The summed E-state index contributed by atoms with van der Waals surface area (Å²) in [6.45, 7) is 3.11. The van der Waals surface area contributed by atoms with Crippen molar-refractivity contribution in [1.82, 2.24) is 14.5 Å². The highest BCUT2D eigenvalue weighted by molar-refractivity contribution is 7.99. The van der Waals surface area contributed by atoms with E-state index in [0.717, 1.165) is 24.8 Å². The summed E-state index contributed by atoms with van der Waals surface area (Å²) in [5.41, 5.74) is 2.76. The van der Waals surface area contributed by atoms with Crippen molar-refractivity contribution in [2.24, 2.45) is 0 Å². The Labute approximate surface area is 192 Å². The smallest absolute Gasteiger partial charge is 0.278 e. The zero-order valence-electron chi connectivity index (χ0n) is 17.8. The van der Waals surface area contributed by atoms with Crippen molar-refractivity contribution in [1.29, 1.82) is 5.26 Å². The molecule has 1 fully saturated rings. The highest BCUT2D eigenvalue weighted by atomic mass is 32.2. The number of sulfonamides is 1. The Kier molecular flexibility index (Phi) is 6.94. The van der Waals surface area contributed by atoms with Gasteiger partial charge >= 0.3 is 0 Å². The lowest BCUT2D eigenvalue weighted by atomic mass is 10.1. The van der Waals surface area contributed by atoms with Crippen molar-refractivity contribution in [3.63, 3.8) is 0 Å². The number of nitriles is 1. The average molecular weight is 469 g/mol. The highest BCUT2D eigenvalue weighted by Gasteiger charge is 2.26. The Hall–Kier alpha value is -2.67. The molecular formula is C23H24N4O3S2. The second kappa shape index (κ2) is 9.86. The maximum atomic E-state index is 13.0. The van der Waals surface area contributed by atoms with Gasteiger partial charge in [-0.2, -0.15) is 9.57 Å². The van der Waals surface area contributed by atoms with Crippen molar-refractivity contribution in [2.45, 2.75) is 48.0 Å². The third-order valence-corrected chi connectivity index (χ3v) is 8.19. The molecule has 7 nitrogen and oxygen atoms in total. The summed E-state index contributed by atoms with van der Waals surface area (Å²) in [7, 11) is -3.55. The number of hydrogen-bond acceptors (Lipinski definition) is 7. The summed E-state index contributed by atoms with van der Waals surface area (Å²) in [5, 5.41) is 17.6. The fourth-order valence-electron chi connectivity index (χ4n) is 3.59. The van der Waals surface area contributed by atoms with Crippen molar-refractivity contribution in [3.8, 4) is 17.5 Å². The van der Waals surface area contributed by atoms with Crippen molar-refractivity contribution < 1.29 is 12.8 Å². The number of aromatic nitrogens is 2. The van der Waals surface area contributed by atoms with Crippen LogP contribution in [0.2, 0.25) is 0 Å². The molecule has 2 heterocycles. The van der Waals surface area contributed by atoms with Gasteiger partial charge in [0.15, 0.2) is 0 Å². The standard InChI is InChI=1S/C23H24N4O3S2/c1-17-8-10-18(11-9-17)14-20(16-24)31-23-26-25-22(30-23)19-6-5-7-21(15-19)32(28,29)27-12-3-2-4-13-27/h5-11,15,20H,2-4,12-14H2,1H3. The normalized spacial score (nSPS) is 15.9. The SMILES string of the molecule is Cc1ccc(CC(C#N)Sc2nnc(-c3cccc(S(=O)(=O)N4CCCCC4)c3)o2)cc1. The molecule has 1 aliphatic rings. The first kappa shape index (κ1) is 22.5. The van der Waals surface area contributed by atoms with Crippen molar-refractivity contribution in [2.75, 3.05) is 13.1 Å². The monoisotopic (exact) mass is 468 g/mol. The molecule has 0 spiro atoms. The molecule has 0 saturated carbocycles. The van der Waals surface area contributed by atoms with Crippen molar-refractivity contribution in [3.05, 3.63) is 59.7 Å². The van der Waals surface area contributed by atoms with Gasteiger partial charge in [0.1, 0.15) is 5.25 Å². The molecule has 3 aromatic rings. The van der Waals surface area contributed by atoms with E-state index >= 15 is 0 Å². The molecule has 0 bridgehead atoms. The molecule has 1 atom stereocenters. The molecule has 0 amide bonds. The van der Waals surface area contributed by atoms with Crippen LogP contribution < -0.4 is 0 Å². The topological polar surface area (TPSA) is 100 Å². The van der Waals surface area contributed by atoms with Crippen LogP contribution in [0.1, 0.15) is 30.4 Å². The number of thioether (sulfide) groups is 1. The van der Waals surface area contributed by atoms with Gasteiger partial charge in [-0.3, -0.25) is 0 Å². The van der Waals surface area contributed by atoms with E-state index < -0.39 is 10.0 Å². The fourth-order valence-corrected chi connectivity index (χ4v) is 5.94. The Morgan fingerprint density at radius 2 is 1.88 bits per heavy atom. The molecule has 32 heavy (non-hydrogen) atoms. The van der Waals surface area contributed by atoms with Gasteiger partial charge in [0.25, 0.3) is 5.22 Å². The van der Waals surface area contributed by atoms with Crippen LogP contribution in [0.15, 0.2) is 63.1 Å². The van der Waals surface area contributed by atoms with Gasteiger partial charge in [0, 0.05) is 18.7 Å². The minimum Gasteiger partial charge on any atom is -0.411 e. The molecular weight excluding hydrogens is 444 g/mol. The van der Waals surface area contributed by atoms with E-state index in [-0.39, 0.29) is 21.3 Å². The number of benzene rings is 2. The largest absolute Gasteiger partial charge is 0.411 e. The maximum absolute atomic E-state index is 13.0. The lowest BCUT2D eigenvalue weighted by molar-refractivity contribution is 0.346. The molecule has 1 saturated heterocycles. The Bertz CT molecular complexity index is 1210. The minimum absolute atomic E-state index is 0.221. The van der Waals surface area contributed by atoms with E-state index in [0.29, 0.717) is 25.1 Å². The van der Waals surface area contributed by atoms with Gasteiger partial charge in [0.2, 0.25) is 15.9 Å². The third kappa shape index (κ3) is 5.21. The molecule has 0 N–H and O–H groups in total. The van der Waals surface area contributed by atoms with Crippen LogP contribution in [-0.4, -0.2) is 41.3 Å². The lowest BCUT2D eigenvalue weighted by Gasteiger charge is -2.25. The number of hydrogen-bond donors (Lipinski definition) is 0. The zero-order chi connectivity index (χ0) is 22.6. The Balaban J connectivity index is 1.49. The summed E-state index contributed by atoms with van der Waals surface area (Å²) in [5.74, 6) is 0.232. The van der Waals surface area contributed by atoms with E-state index in [2.05, 4.69) is 16.3 Å². The predicted molar refractivity (Wildman–Crippen MR) is 122 cm³/mol. The third-order valence-electron chi connectivity index (χ3n) is 5.37. The predicted octanol–water partition coefficient (Wildman–Crippen LogP) is 4.45. The van der Waals surface area contributed by atoms with E-state index in [9.17, 15) is 13.7 Å². The Morgan fingerprint density at radius 3 is 2.59 bits per heavy atom. The number of aryl methyl sites for hydroxylation is 1. The molecule has 9 heteroatoms. The summed E-state index contributed by atoms with van der Waals surface area (Å²) in [6.07, 6.45) is 3.38. The number of piperidine rings is 1. The average Bonchev–Trinajstić information content (AvgIpc) is 3.29. The maximum Gasteiger partial charge on any atom is 0.278 e. The van der Waals surface area contributed by atoms with Crippen LogP contribution in [0.25, 0.3) is 11.5 Å². The molecule has 4 rings (SSSR count). The molecule has 1 unspecified atom stereocenters. The first-order valence-electron chi connectivity index (χ1n) is 10.5. The quantitative estimate of drug-likeness (QED) is 0.472. The van der Waals surface area contributed by atoms with E-state index in [1.165, 1.54) is 21.6 Å². The summed E-state index contributed by atoms with van der Waals surface area (Å²) < 4.78 is 33.2. The van der Waals surface area contributed by atoms with Gasteiger partial charge in [-0.25, -0.2) is 8.42 Å². The molecule has 2 aromatic carbocycles. The second-order valence-corrected chi connectivity index (χ2v) is 10.9. The second-order valence-electron chi connectivity index (χ2n) is 7.79. The Morgan fingerprint density at radius 1 is 1.12 bits per heavy atom. The first-order chi connectivity index (χ1) is 15.5. The summed E-state index contributed by atoms with van der Waals surface area (Å²) >= 11 is 1.21. The van der Waals surface area contributed by atoms with Gasteiger partial charge in [0.05, 0.1) is 11.0 Å². The van der Waals surface area contributed by atoms with Crippen LogP contribution in [0.5, 0.6) is 0 Å². The zero-order valence-corrected chi connectivity index (χ0v) is 19.4. The fraction of sp³-hybridized carbons (Fsp3) is 0.348.